The van der Waals surface area contributed by atoms with Crippen LogP contribution in [-0.2, 0) is 9.53 Å². The van der Waals surface area contributed by atoms with Crippen LogP contribution in [0.3, 0.4) is 0 Å². The third-order valence-corrected chi connectivity index (χ3v) is 2.56. The minimum absolute atomic E-state index is 0.228. The number of ether oxygens (including phenoxy) is 1. The summed E-state index contributed by atoms with van der Waals surface area (Å²) in [4.78, 5) is 21.9. The molecule has 1 rings (SSSR count). The Balaban J connectivity index is 2.62. The quantitative estimate of drug-likeness (QED) is 0.509. The van der Waals surface area contributed by atoms with Crippen molar-refractivity contribution in [3.8, 4) is 0 Å². The van der Waals surface area contributed by atoms with Gasteiger partial charge in [0, 0.05) is 6.54 Å². The molecule has 1 saturated heterocycles. The molecule has 0 amide bonds. The third-order valence-electron chi connectivity index (χ3n) is 2.56. The van der Waals surface area contributed by atoms with Gasteiger partial charge in [-0.05, 0) is 26.7 Å². The topological polar surface area (TPSA) is 59.0 Å². The summed E-state index contributed by atoms with van der Waals surface area (Å²) < 4.78 is 4.97. The Morgan fingerprint density at radius 2 is 2.36 bits per heavy atom. The lowest BCUT2D eigenvalue weighted by Gasteiger charge is -2.35. The highest BCUT2D eigenvalue weighted by molar-refractivity contribution is 5.76. The van der Waals surface area contributed by atoms with E-state index in [1.165, 1.54) is 5.01 Å². The van der Waals surface area contributed by atoms with Gasteiger partial charge in [0.05, 0.1) is 23.9 Å². The second-order valence-electron chi connectivity index (χ2n) is 3.85. The first kappa shape index (κ1) is 10.9. The van der Waals surface area contributed by atoms with E-state index in [1.807, 2.05) is 6.92 Å². The van der Waals surface area contributed by atoms with Crippen LogP contribution in [0.5, 0.6) is 0 Å². The van der Waals surface area contributed by atoms with Gasteiger partial charge in [0.25, 0.3) is 0 Å². The smallest absolute Gasteiger partial charge is 0.313 e. The standard InChI is InChI=1S/C9H16N2O3/c1-3-14-8(12)9(2)5-4-6-11(7-9)10-13/h3-7H2,1-2H3. The van der Waals surface area contributed by atoms with Crippen molar-refractivity contribution < 1.29 is 9.53 Å². The van der Waals surface area contributed by atoms with E-state index in [0.29, 0.717) is 19.7 Å². The molecular formula is C9H16N2O3. The van der Waals surface area contributed by atoms with Gasteiger partial charge < -0.3 is 4.74 Å². The van der Waals surface area contributed by atoms with E-state index in [1.54, 1.807) is 6.92 Å². The van der Waals surface area contributed by atoms with Gasteiger partial charge in [0.1, 0.15) is 0 Å². The molecule has 1 heterocycles. The SMILES string of the molecule is CCOC(=O)C1(C)CCCN(N=O)C1. The largest absolute Gasteiger partial charge is 0.466 e. The van der Waals surface area contributed by atoms with E-state index < -0.39 is 5.41 Å². The molecule has 1 fully saturated rings. The Labute approximate surface area is 83.4 Å². The predicted molar refractivity (Wildman–Crippen MR) is 51.3 cm³/mol. The molecule has 1 aliphatic heterocycles. The number of nitrogens with zero attached hydrogens (tertiary/aromatic N) is 2. The van der Waals surface area contributed by atoms with Crippen LogP contribution in [0.1, 0.15) is 26.7 Å². The first-order chi connectivity index (χ1) is 6.62. The van der Waals surface area contributed by atoms with Gasteiger partial charge >= 0.3 is 5.97 Å². The number of nitroso groups, excluding NO2 is 1. The molecule has 1 aliphatic rings. The summed E-state index contributed by atoms with van der Waals surface area (Å²) in [5.41, 5.74) is -0.567. The maximum atomic E-state index is 11.6. The summed E-state index contributed by atoms with van der Waals surface area (Å²) in [7, 11) is 0. The van der Waals surface area contributed by atoms with Gasteiger partial charge in [-0.2, -0.15) is 0 Å². The molecule has 1 atom stereocenters. The second-order valence-corrected chi connectivity index (χ2v) is 3.85. The van der Waals surface area contributed by atoms with Gasteiger partial charge in [-0.1, -0.05) is 0 Å². The fraction of sp³-hybridized carbons (Fsp3) is 0.889. The van der Waals surface area contributed by atoms with Crippen molar-refractivity contribution in [2.75, 3.05) is 19.7 Å². The molecule has 14 heavy (non-hydrogen) atoms. The minimum Gasteiger partial charge on any atom is -0.466 e. The van der Waals surface area contributed by atoms with Crippen molar-refractivity contribution in [3.05, 3.63) is 4.91 Å². The van der Waals surface area contributed by atoms with Gasteiger partial charge in [-0.15, -0.1) is 4.91 Å². The van der Waals surface area contributed by atoms with Crippen LogP contribution in [0.15, 0.2) is 5.29 Å². The molecule has 0 aromatic rings. The molecule has 0 aromatic carbocycles. The first-order valence-corrected chi connectivity index (χ1v) is 4.88. The lowest BCUT2D eigenvalue weighted by atomic mass is 9.82. The van der Waals surface area contributed by atoms with Gasteiger partial charge in [-0.25, -0.2) is 0 Å². The summed E-state index contributed by atoms with van der Waals surface area (Å²) in [5.74, 6) is -0.228. The molecule has 0 bridgehead atoms. The number of hydrogen-bond donors (Lipinski definition) is 0. The van der Waals surface area contributed by atoms with E-state index in [-0.39, 0.29) is 5.97 Å². The van der Waals surface area contributed by atoms with Crippen LogP contribution in [0.25, 0.3) is 0 Å². The third kappa shape index (κ3) is 2.21. The summed E-state index contributed by atoms with van der Waals surface area (Å²) in [6, 6.07) is 0. The zero-order valence-electron chi connectivity index (χ0n) is 8.65. The number of rotatable bonds is 3. The summed E-state index contributed by atoms with van der Waals surface area (Å²) >= 11 is 0. The molecule has 0 N–H and O–H groups in total. The van der Waals surface area contributed by atoms with Crippen molar-refractivity contribution in [1.82, 2.24) is 5.01 Å². The van der Waals surface area contributed by atoms with E-state index in [9.17, 15) is 9.70 Å². The van der Waals surface area contributed by atoms with Gasteiger partial charge in [0.2, 0.25) is 0 Å². The predicted octanol–water partition coefficient (Wildman–Crippen LogP) is 1.33. The normalized spacial score (nSPS) is 27.1. The molecule has 1 unspecified atom stereocenters. The number of esters is 1. The number of hydrogen-bond acceptors (Lipinski definition) is 4. The molecule has 5 heteroatoms. The fourth-order valence-corrected chi connectivity index (χ4v) is 1.75. The average Bonchev–Trinajstić information content (AvgIpc) is 2.18. The maximum Gasteiger partial charge on any atom is 0.313 e. The van der Waals surface area contributed by atoms with Crippen molar-refractivity contribution in [2.45, 2.75) is 26.7 Å². The van der Waals surface area contributed by atoms with Crippen LogP contribution in [0.4, 0.5) is 0 Å². The van der Waals surface area contributed by atoms with Crippen molar-refractivity contribution >= 4 is 5.97 Å². The van der Waals surface area contributed by atoms with Crippen LogP contribution in [0, 0.1) is 10.3 Å². The molecular weight excluding hydrogens is 184 g/mol. The fourth-order valence-electron chi connectivity index (χ4n) is 1.75. The zero-order valence-corrected chi connectivity index (χ0v) is 8.65. The molecule has 0 spiro atoms. The lowest BCUT2D eigenvalue weighted by Crippen LogP contribution is -2.44. The van der Waals surface area contributed by atoms with E-state index in [4.69, 9.17) is 4.74 Å². The molecule has 0 saturated carbocycles. The Morgan fingerprint density at radius 3 is 2.93 bits per heavy atom. The van der Waals surface area contributed by atoms with Crippen molar-refractivity contribution in [3.63, 3.8) is 0 Å². The lowest BCUT2D eigenvalue weighted by molar-refractivity contribution is -0.157. The van der Waals surface area contributed by atoms with E-state index >= 15 is 0 Å². The molecule has 5 nitrogen and oxygen atoms in total. The van der Waals surface area contributed by atoms with Crippen molar-refractivity contribution in [1.29, 1.82) is 0 Å². The first-order valence-electron chi connectivity index (χ1n) is 4.88. The molecule has 0 aliphatic carbocycles. The molecule has 80 valence electrons. The Hall–Kier alpha value is -1.13. The summed E-state index contributed by atoms with van der Waals surface area (Å²) in [5, 5.41) is 4.25. The van der Waals surface area contributed by atoms with Crippen LogP contribution < -0.4 is 0 Å². The zero-order chi connectivity index (χ0) is 10.6. The van der Waals surface area contributed by atoms with Gasteiger partial charge in [0.15, 0.2) is 0 Å². The van der Waals surface area contributed by atoms with E-state index in [2.05, 4.69) is 5.29 Å². The summed E-state index contributed by atoms with van der Waals surface area (Å²) in [6.45, 7) is 4.99. The Bertz CT molecular complexity index is 232. The Kier molecular flexibility index (Phi) is 3.43. The highest BCUT2D eigenvalue weighted by Crippen LogP contribution is 2.30. The highest BCUT2D eigenvalue weighted by Gasteiger charge is 2.39. The number of carbonyl (C=O) groups is 1. The van der Waals surface area contributed by atoms with E-state index in [0.717, 1.165) is 12.8 Å². The van der Waals surface area contributed by atoms with Crippen LogP contribution in [0.2, 0.25) is 0 Å². The van der Waals surface area contributed by atoms with Crippen LogP contribution in [-0.4, -0.2) is 30.7 Å². The molecule has 0 aromatic heterocycles. The molecule has 0 radical (unpaired) electrons. The number of carbonyl (C=O) groups excluding carboxylic acids is 1. The van der Waals surface area contributed by atoms with Crippen LogP contribution >= 0.6 is 0 Å². The summed E-state index contributed by atoms with van der Waals surface area (Å²) in [6.07, 6.45) is 1.57. The maximum absolute atomic E-state index is 11.6. The van der Waals surface area contributed by atoms with Crippen molar-refractivity contribution in [2.24, 2.45) is 10.7 Å². The Morgan fingerprint density at radius 1 is 1.64 bits per heavy atom. The minimum atomic E-state index is -0.567. The van der Waals surface area contributed by atoms with Gasteiger partial charge in [-0.3, -0.25) is 9.80 Å². The highest BCUT2D eigenvalue weighted by atomic mass is 16.5. The number of piperidine rings is 1. The average molecular weight is 200 g/mol. The second kappa shape index (κ2) is 4.39. The monoisotopic (exact) mass is 200 g/mol.